The van der Waals surface area contributed by atoms with E-state index in [0.717, 1.165) is 0 Å². The minimum Gasteiger partial charge on any atom is -0.493 e. The van der Waals surface area contributed by atoms with Crippen molar-refractivity contribution in [1.29, 1.82) is 0 Å². The van der Waals surface area contributed by atoms with Crippen LogP contribution in [-0.4, -0.2) is 19.4 Å². The average Bonchev–Trinajstić information content (AvgIpc) is 2.25. The summed E-state index contributed by atoms with van der Waals surface area (Å²) in [5.74, 6) is 0.741. The molecule has 18 heavy (non-hydrogen) atoms. The van der Waals surface area contributed by atoms with E-state index in [1.54, 1.807) is 6.07 Å². The lowest BCUT2D eigenvalue weighted by Crippen LogP contribution is -2.19. The summed E-state index contributed by atoms with van der Waals surface area (Å²) >= 11 is 0. The third kappa shape index (κ3) is 5.16. The molecule has 0 aromatic heterocycles. The number of anilines is 1. The standard InChI is InChI=1S/C12H16F3NO2/c1-8(2)6-17-9-3-4-10(16)11(5-9)18-7-12(13,14)15/h3-5,8H,6-7,16H2,1-2H3. The maximum absolute atomic E-state index is 12.0. The Morgan fingerprint density at radius 3 is 2.44 bits per heavy atom. The average molecular weight is 263 g/mol. The molecule has 6 heteroatoms. The highest BCUT2D eigenvalue weighted by atomic mass is 19.4. The highest BCUT2D eigenvalue weighted by Crippen LogP contribution is 2.28. The second-order valence-electron chi connectivity index (χ2n) is 4.31. The summed E-state index contributed by atoms with van der Waals surface area (Å²) < 4.78 is 46.1. The largest absolute Gasteiger partial charge is 0.493 e. The van der Waals surface area contributed by atoms with E-state index in [1.807, 2.05) is 13.8 Å². The molecule has 0 atom stereocenters. The summed E-state index contributed by atoms with van der Waals surface area (Å²) in [6.45, 7) is 3.05. The number of rotatable bonds is 5. The Kier molecular flexibility index (Phi) is 4.69. The molecule has 0 spiro atoms. The van der Waals surface area contributed by atoms with E-state index >= 15 is 0 Å². The van der Waals surface area contributed by atoms with Gasteiger partial charge >= 0.3 is 6.18 Å². The molecule has 0 saturated heterocycles. The molecule has 1 aromatic rings. The molecule has 0 radical (unpaired) electrons. The molecule has 0 aliphatic heterocycles. The van der Waals surface area contributed by atoms with Crippen molar-refractivity contribution in [3.8, 4) is 11.5 Å². The number of hydrogen-bond donors (Lipinski definition) is 1. The molecule has 0 saturated carbocycles. The third-order valence-electron chi connectivity index (χ3n) is 1.96. The third-order valence-corrected chi connectivity index (χ3v) is 1.96. The van der Waals surface area contributed by atoms with Crippen molar-refractivity contribution in [2.45, 2.75) is 20.0 Å². The number of alkyl halides is 3. The van der Waals surface area contributed by atoms with Crippen LogP contribution in [0.1, 0.15) is 13.8 Å². The highest BCUT2D eigenvalue weighted by Gasteiger charge is 2.28. The van der Waals surface area contributed by atoms with Gasteiger partial charge in [-0.3, -0.25) is 0 Å². The van der Waals surface area contributed by atoms with E-state index in [-0.39, 0.29) is 11.4 Å². The monoisotopic (exact) mass is 263 g/mol. The summed E-state index contributed by atoms with van der Waals surface area (Å²) in [5, 5.41) is 0. The van der Waals surface area contributed by atoms with E-state index in [0.29, 0.717) is 18.3 Å². The van der Waals surface area contributed by atoms with E-state index in [9.17, 15) is 13.2 Å². The molecular formula is C12H16F3NO2. The zero-order valence-corrected chi connectivity index (χ0v) is 10.3. The molecule has 0 aliphatic rings. The van der Waals surface area contributed by atoms with Gasteiger partial charge in [0.25, 0.3) is 0 Å². The SMILES string of the molecule is CC(C)COc1ccc(N)c(OCC(F)(F)F)c1. The van der Waals surface area contributed by atoms with Crippen LogP contribution in [-0.2, 0) is 0 Å². The fraction of sp³-hybridized carbons (Fsp3) is 0.500. The van der Waals surface area contributed by atoms with E-state index in [4.69, 9.17) is 10.5 Å². The van der Waals surface area contributed by atoms with Crippen molar-refractivity contribution in [2.24, 2.45) is 5.92 Å². The molecule has 2 N–H and O–H groups in total. The van der Waals surface area contributed by atoms with Crippen molar-refractivity contribution in [1.82, 2.24) is 0 Å². The first-order valence-corrected chi connectivity index (χ1v) is 5.50. The van der Waals surface area contributed by atoms with Crippen molar-refractivity contribution in [3.05, 3.63) is 18.2 Å². The Bertz CT molecular complexity index is 391. The molecule has 0 heterocycles. The van der Waals surface area contributed by atoms with Crippen LogP contribution < -0.4 is 15.2 Å². The van der Waals surface area contributed by atoms with Crippen LogP contribution >= 0.6 is 0 Å². The molecule has 0 aliphatic carbocycles. The predicted molar refractivity (Wildman–Crippen MR) is 62.7 cm³/mol. The lowest BCUT2D eigenvalue weighted by atomic mass is 10.2. The maximum atomic E-state index is 12.0. The molecule has 1 rings (SSSR count). The Morgan fingerprint density at radius 1 is 1.22 bits per heavy atom. The Labute approximate surface area is 104 Å². The second-order valence-corrected chi connectivity index (χ2v) is 4.31. The minimum atomic E-state index is -4.39. The van der Waals surface area contributed by atoms with Crippen LogP contribution in [0.15, 0.2) is 18.2 Å². The number of nitrogens with two attached hydrogens (primary N) is 1. The smallest absolute Gasteiger partial charge is 0.422 e. The summed E-state index contributed by atoms with van der Waals surface area (Å²) in [6, 6.07) is 4.42. The molecule has 0 amide bonds. The van der Waals surface area contributed by atoms with Crippen molar-refractivity contribution in [3.63, 3.8) is 0 Å². The Balaban J connectivity index is 2.69. The summed E-state index contributed by atoms with van der Waals surface area (Å²) in [5.41, 5.74) is 5.68. The first-order valence-electron chi connectivity index (χ1n) is 5.50. The van der Waals surface area contributed by atoms with Crippen LogP contribution in [0.5, 0.6) is 11.5 Å². The van der Waals surface area contributed by atoms with E-state index < -0.39 is 12.8 Å². The first-order chi connectivity index (χ1) is 8.28. The molecule has 0 bridgehead atoms. The number of nitrogen functional groups attached to an aromatic ring is 1. The molecule has 1 aromatic carbocycles. The van der Waals surface area contributed by atoms with Crippen LogP contribution in [0.2, 0.25) is 0 Å². The van der Waals surface area contributed by atoms with Crippen molar-refractivity contribution in [2.75, 3.05) is 18.9 Å². The number of halogens is 3. The molecule has 3 nitrogen and oxygen atoms in total. The molecule has 0 fully saturated rings. The van der Waals surface area contributed by atoms with Gasteiger partial charge in [-0.2, -0.15) is 13.2 Å². The zero-order chi connectivity index (χ0) is 13.8. The van der Waals surface area contributed by atoms with Gasteiger partial charge in [0.1, 0.15) is 11.5 Å². The van der Waals surface area contributed by atoms with Gasteiger partial charge in [0.2, 0.25) is 0 Å². The van der Waals surface area contributed by atoms with Crippen LogP contribution in [0.25, 0.3) is 0 Å². The van der Waals surface area contributed by atoms with Gasteiger partial charge < -0.3 is 15.2 Å². The van der Waals surface area contributed by atoms with Gasteiger partial charge in [-0.05, 0) is 18.1 Å². The van der Waals surface area contributed by atoms with Crippen molar-refractivity contribution >= 4 is 5.69 Å². The van der Waals surface area contributed by atoms with E-state index in [2.05, 4.69) is 4.74 Å². The lowest BCUT2D eigenvalue weighted by molar-refractivity contribution is -0.153. The molecule has 102 valence electrons. The topological polar surface area (TPSA) is 44.5 Å². The van der Waals surface area contributed by atoms with Gasteiger partial charge in [0, 0.05) is 6.07 Å². The zero-order valence-electron chi connectivity index (χ0n) is 10.3. The molecular weight excluding hydrogens is 247 g/mol. The van der Waals surface area contributed by atoms with Crippen molar-refractivity contribution < 1.29 is 22.6 Å². The summed E-state index contributed by atoms with van der Waals surface area (Å²) in [4.78, 5) is 0. The van der Waals surface area contributed by atoms with Gasteiger partial charge in [-0.1, -0.05) is 13.8 Å². The maximum Gasteiger partial charge on any atom is 0.422 e. The number of hydrogen-bond acceptors (Lipinski definition) is 3. The Hall–Kier alpha value is -1.59. The predicted octanol–water partition coefficient (Wildman–Crippen LogP) is 3.24. The second kappa shape index (κ2) is 5.84. The lowest BCUT2D eigenvalue weighted by Gasteiger charge is -2.13. The summed E-state index contributed by atoms with van der Waals surface area (Å²) in [6.07, 6.45) is -4.39. The van der Waals surface area contributed by atoms with Crippen LogP contribution in [0, 0.1) is 5.92 Å². The van der Waals surface area contributed by atoms with Crippen LogP contribution in [0.4, 0.5) is 18.9 Å². The van der Waals surface area contributed by atoms with Gasteiger partial charge in [-0.25, -0.2) is 0 Å². The normalized spacial score (nSPS) is 11.7. The summed E-state index contributed by atoms with van der Waals surface area (Å²) in [7, 11) is 0. The Morgan fingerprint density at radius 2 is 1.89 bits per heavy atom. The number of ether oxygens (including phenoxy) is 2. The molecule has 0 unspecified atom stereocenters. The number of benzene rings is 1. The van der Waals surface area contributed by atoms with Gasteiger partial charge in [0.15, 0.2) is 6.61 Å². The van der Waals surface area contributed by atoms with Gasteiger partial charge in [-0.15, -0.1) is 0 Å². The first kappa shape index (κ1) is 14.5. The quantitative estimate of drug-likeness (QED) is 0.829. The minimum absolute atomic E-state index is 0.0198. The van der Waals surface area contributed by atoms with Crippen LogP contribution in [0.3, 0.4) is 0 Å². The fourth-order valence-corrected chi connectivity index (χ4v) is 1.15. The fourth-order valence-electron chi connectivity index (χ4n) is 1.15. The highest BCUT2D eigenvalue weighted by molar-refractivity contribution is 5.55. The van der Waals surface area contributed by atoms with Gasteiger partial charge in [0.05, 0.1) is 12.3 Å². The van der Waals surface area contributed by atoms with E-state index in [1.165, 1.54) is 12.1 Å².